The minimum absolute atomic E-state index is 0.116. The third-order valence-electron chi connectivity index (χ3n) is 5.65. The summed E-state index contributed by atoms with van der Waals surface area (Å²) in [5.74, 6) is 2.75. The van der Waals surface area contributed by atoms with E-state index < -0.39 is 0 Å². The van der Waals surface area contributed by atoms with Crippen molar-refractivity contribution in [1.82, 2.24) is 14.5 Å². The van der Waals surface area contributed by atoms with Gasteiger partial charge in [-0.15, -0.1) is 0 Å². The van der Waals surface area contributed by atoms with Gasteiger partial charge in [0.05, 0.1) is 6.10 Å². The molecule has 4 nitrogen and oxygen atoms in total. The van der Waals surface area contributed by atoms with Crippen LogP contribution in [0.5, 0.6) is 0 Å². The minimum Gasteiger partial charge on any atom is -0.392 e. The quantitative estimate of drug-likeness (QED) is 0.878. The van der Waals surface area contributed by atoms with Gasteiger partial charge in [-0.3, -0.25) is 0 Å². The Morgan fingerprint density at radius 3 is 2.55 bits per heavy atom. The Bertz CT molecular complexity index is 445. The first-order chi connectivity index (χ1) is 10.7. The van der Waals surface area contributed by atoms with Crippen LogP contribution in [0.3, 0.4) is 0 Å². The Balaban J connectivity index is 1.37. The Hall–Kier alpha value is -0.870. The molecule has 124 valence electrons. The van der Waals surface area contributed by atoms with Crippen molar-refractivity contribution in [3.8, 4) is 0 Å². The zero-order valence-electron chi connectivity index (χ0n) is 14.0. The molecule has 1 saturated carbocycles. The molecule has 3 rings (SSSR count). The summed E-state index contributed by atoms with van der Waals surface area (Å²) < 4.78 is 2.14. The second kappa shape index (κ2) is 7.60. The molecule has 0 aromatic carbocycles. The summed E-state index contributed by atoms with van der Waals surface area (Å²) >= 11 is 0. The van der Waals surface area contributed by atoms with Gasteiger partial charge >= 0.3 is 0 Å². The molecular weight excluding hydrogens is 274 g/mol. The number of rotatable bonds is 6. The van der Waals surface area contributed by atoms with Crippen LogP contribution in [0.2, 0.25) is 0 Å². The van der Waals surface area contributed by atoms with Crippen LogP contribution in [0.25, 0.3) is 0 Å². The molecular formula is C18H31N3O. The van der Waals surface area contributed by atoms with Gasteiger partial charge < -0.3 is 14.6 Å². The molecule has 2 fully saturated rings. The Morgan fingerprint density at radius 1 is 1.18 bits per heavy atom. The lowest BCUT2D eigenvalue weighted by molar-refractivity contribution is 0.0728. The van der Waals surface area contributed by atoms with Crippen molar-refractivity contribution >= 4 is 0 Å². The van der Waals surface area contributed by atoms with Crippen LogP contribution >= 0.6 is 0 Å². The monoisotopic (exact) mass is 305 g/mol. The van der Waals surface area contributed by atoms with E-state index >= 15 is 0 Å². The van der Waals surface area contributed by atoms with E-state index in [0.29, 0.717) is 0 Å². The van der Waals surface area contributed by atoms with Crippen molar-refractivity contribution < 1.29 is 5.11 Å². The summed E-state index contributed by atoms with van der Waals surface area (Å²) in [5.41, 5.74) is 0. The molecule has 2 heterocycles. The number of imidazole rings is 1. The molecule has 0 bridgehead atoms. The smallest absolute Gasteiger partial charge is 0.108 e. The normalized spacial score (nSPS) is 23.2. The molecule has 1 saturated heterocycles. The van der Waals surface area contributed by atoms with Gasteiger partial charge in [-0.1, -0.05) is 25.7 Å². The van der Waals surface area contributed by atoms with Crippen molar-refractivity contribution in [3.05, 3.63) is 18.2 Å². The molecule has 1 aliphatic heterocycles. The van der Waals surface area contributed by atoms with E-state index in [9.17, 15) is 5.11 Å². The second-order valence-electron chi connectivity index (χ2n) is 7.44. The minimum atomic E-state index is -0.116. The molecule has 1 aliphatic carbocycles. The topological polar surface area (TPSA) is 41.3 Å². The first kappa shape index (κ1) is 16.0. The SMILES string of the molecule is Cn1ccnc1CC1CCN(CC(O)CC2CCCC2)CC1. The van der Waals surface area contributed by atoms with Crippen LogP contribution in [0, 0.1) is 11.8 Å². The van der Waals surface area contributed by atoms with Crippen LogP contribution in [-0.4, -0.2) is 45.3 Å². The lowest BCUT2D eigenvalue weighted by Gasteiger charge is -2.33. The molecule has 1 N–H and O–H groups in total. The molecule has 1 aromatic heterocycles. The highest BCUT2D eigenvalue weighted by Gasteiger charge is 2.24. The molecule has 22 heavy (non-hydrogen) atoms. The summed E-state index contributed by atoms with van der Waals surface area (Å²) in [7, 11) is 2.08. The Kier molecular flexibility index (Phi) is 5.53. The maximum Gasteiger partial charge on any atom is 0.108 e. The predicted molar refractivity (Wildman–Crippen MR) is 88.7 cm³/mol. The van der Waals surface area contributed by atoms with E-state index in [2.05, 4.69) is 21.5 Å². The third-order valence-corrected chi connectivity index (χ3v) is 5.65. The van der Waals surface area contributed by atoms with Crippen molar-refractivity contribution in [1.29, 1.82) is 0 Å². The highest BCUT2D eigenvalue weighted by atomic mass is 16.3. The number of nitrogens with zero attached hydrogens (tertiary/aromatic N) is 3. The fourth-order valence-corrected chi connectivity index (χ4v) is 4.23. The number of aryl methyl sites for hydroxylation is 1. The molecule has 0 amide bonds. The van der Waals surface area contributed by atoms with Gasteiger partial charge in [0.25, 0.3) is 0 Å². The summed E-state index contributed by atoms with van der Waals surface area (Å²) in [4.78, 5) is 6.91. The first-order valence-electron chi connectivity index (χ1n) is 9.07. The maximum absolute atomic E-state index is 10.3. The molecule has 1 unspecified atom stereocenters. The lowest BCUT2D eigenvalue weighted by atomic mass is 9.92. The summed E-state index contributed by atoms with van der Waals surface area (Å²) in [6, 6.07) is 0. The maximum atomic E-state index is 10.3. The lowest BCUT2D eigenvalue weighted by Crippen LogP contribution is -2.39. The predicted octanol–water partition coefficient (Wildman–Crippen LogP) is 2.62. The van der Waals surface area contributed by atoms with Crippen molar-refractivity contribution in [2.75, 3.05) is 19.6 Å². The number of aromatic nitrogens is 2. The average molecular weight is 305 g/mol. The fraction of sp³-hybridized carbons (Fsp3) is 0.833. The van der Waals surface area contributed by atoms with E-state index in [1.807, 2.05) is 12.4 Å². The van der Waals surface area contributed by atoms with Crippen molar-refractivity contribution in [2.45, 2.75) is 57.5 Å². The molecule has 0 spiro atoms. The number of hydrogen-bond donors (Lipinski definition) is 1. The third kappa shape index (κ3) is 4.32. The molecule has 0 radical (unpaired) electrons. The molecule has 1 atom stereocenters. The number of hydrogen-bond acceptors (Lipinski definition) is 3. The van der Waals surface area contributed by atoms with Crippen LogP contribution < -0.4 is 0 Å². The number of piperidine rings is 1. The number of aliphatic hydroxyl groups excluding tert-OH is 1. The van der Waals surface area contributed by atoms with Crippen LogP contribution in [0.15, 0.2) is 12.4 Å². The van der Waals surface area contributed by atoms with Gasteiger partial charge in [0, 0.05) is 32.4 Å². The van der Waals surface area contributed by atoms with E-state index in [-0.39, 0.29) is 6.10 Å². The van der Waals surface area contributed by atoms with Crippen molar-refractivity contribution in [3.63, 3.8) is 0 Å². The van der Waals surface area contributed by atoms with Gasteiger partial charge in [0.1, 0.15) is 5.82 Å². The van der Waals surface area contributed by atoms with Gasteiger partial charge in [0.15, 0.2) is 0 Å². The zero-order chi connectivity index (χ0) is 15.4. The number of aliphatic hydroxyl groups is 1. The van der Waals surface area contributed by atoms with Crippen LogP contribution in [0.1, 0.15) is 50.8 Å². The van der Waals surface area contributed by atoms with E-state index in [4.69, 9.17) is 0 Å². The van der Waals surface area contributed by atoms with Gasteiger partial charge in [-0.05, 0) is 44.2 Å². The van der Waals surface area contributed by atoms with Gasteiger partial charge in [-0.25, -0.2) is 4.98 Å². The standard InChI is InChI=1S/C18H31N3O/c1-20-11-8-19-18(20)13-16-6-9-21(10-7-16)14-17(22)12-15-4-2-3-5-15/h8,11,15-17,22H,2-7,9-10,12-14H2,1H3. The van der Waals surface area contributed by atoms with Crippen LogP contribution in [-0.2, 0) is 13.5 Å². The molecule has 1 aromatic rings. The van der Waals surface area contributed by atoms with E-state index in [1.54, 1.807) is 0 Å². The number of likely N-dealkylation sites (tertiary alicyclic amines) is 1. The fourth-order valence-electron chi connectivity index (χ4n) is 4.23. The van der Waals surface area contributed by atoms with Crippen molar-refractivity contribution in [2.24, 2.45) is 18.9 Å². The Morgan fingerprint density at radius 2 is 1.91 bits per heavy atom. The first-order valence-corrected chi connectivity index (χ1v) is 9.07. The average Bonchev–Trinajstić information content (AvgIpc) is 3.14. The number of β-amino-alcohol motifs (C(OH)–C–C–N with tert-alkyl or cyclic N) is 1. The Labute approximate surface area is 134 Å². The van der Waals surface area contributed by atoms with Crippen LogP contribution in [0.4, 0.5) is 0 Å². The molecule has 4 heteroatoms. The highest BCUT2D eigenvalue weighted by Crippen LogP contribution is 2.29. The highest BCUT2D eigenvalue weighted by molar-refractivity contribution is 4.94. The second-order valence-corrected chi connectivity index (χ2v) is 7.44. The van der Waals surface area contributed by atoms with Gasteiger partial charge in [0.2, 0.25) is 0 Å². The summed E-state index contributed by atoms with van der Waals surface area (Å²) in [6.07, 6.45) is 13.8. The zero-order valence-corrected chi connectivity index (χ0v) is 14.0. The summed E-state index contributed by atoms with van der Waals surface area (Å²) in [6.45, 7) is 3.15. The van der Waals surface area contributed by atoms with E-state index in [0.717, 1.165) is 44.3 Å². The molecule has 2 aliphatic rings. The summed E-state index contributed by atoms with van der Waals surface area (Å²) in [5, 5.41) is 10.3. The largest absolute Gasteiger partial charge is 0.392 e. The van der Waals surface area contributed by atoms with Gasteiger partial charge in [-0.2, -0.15) is 0 Å². The van der Waals surface area contributed by atoms with E-state index in [1.165, 1.54) is 44.3 Å².